The van der Waals surface area contributed by atoms with Crippen LogP contribution in [0.4, 0.5) is 0 Å². The summed E-state index contributed by atoms with van der Waals surface area (Å²) >= 11 is 0. The topological polar surface area (TPSA) is 60.4 Å². The number of ketones is 1. The van der Waals surface area contributed by atoms with Gasteiger partial charge in [0.1, 0.15) is 5.78 Å². The Kier molecular flexibility index (Phi) is 2.20. The van der Waals surface area contributed by atoms with Crippen molar-refractivity contribution in [1.82, 2.24) is 0 Å². The van der Waals surface area contributed by atoms with Gasteiger partial charge in [-0.05, 0) is 37.5 Å². The van der Waals surface area contributed by atoms with Gasteiger partial charge in [0.05, 0.1) is 12.4 Å². The first-order valence-corrected chi connectivity index (χ1v) is 7.67. The molecule has 4 nitrogen and oxygen atoms in total. The second-order valence-corrected chi connectivity index (χ2v) is 7.14. The number of hydrogen-bond donors (Lipinski definition) is 0. The van der Waals surface area contributed by atoms with Gasteiger partial charge < -0.3 is 0 Å². The van der Waals surface area contributed by atoms with Crippen LogP contribution in [0.15, 0.2) is 0 Å². The van der Waals surface area contributed by atoms with Gasteiger partial charge in [-0.25, -0.2) is 0 Å². The molecule has 0 aromatic rings. The van der Waals surface area contributed by atoms with Crippen LogP contribution in [0.3, 0.4) is 0 Å². The molecule has 90 valence electrons. The van der Waals surface area contributed by atoms with Crippen LogP contribution in [0, 0.1) is 23.7 Å². The number of carbonyl (C=O) groups is 1. The normalized spacial score (nSPS) is 46.3. The second kappa shape index (κ2) is 3.29. The zero-order chi connectivity index (χ0) is 11.5. The highest BCUT2D eigenvalue weighted by Gasteiger charge is 2.54. The lowest BCUT2D eigenvalue weighted by Crippen LogP contribution is -2.55. The van der Waals surface area contributed by atoms with Gasteiger partial charge in [0, 0.05) is 11.8 Å². The fourth-order valence-corrected chi connectivity index (χ4v) is 4.62. The van der Waals surface area contributed by atoms with E-state index in [4.69, 9.17) is 4.18 Å². The van der Waals surface area contributed by atoms with E-state index in [1.54, 1.807) is 0 Å². The molecule has 0 amide bonds. The summed E-state index contributed by atoms with van der Waals surface area (Å²) in [5.74, 6) is 1.22. The summed E-state index contributed by atoms with van der Waals surface area (Å²) in [6.45, 7) is 0. The molecule has 4 aliphatic carbocycles. The highest BCUT2D eigenvalue weighted by molar-refractivity contribution is 7.86. The van der Waals surface area contributed by atoms with Crippen molar-refractivity contribution >= 4 is 15.9 Å². The third kappa shape index (κ3) is 1.61. The number of carbonyl (C=O) groups excluding carboxylic acids is 1. The summed E-state index contributed by atoms with van der Waals surface area (Å²) in [6, 6.07) is 0. The molecule has 5 atom stereocenters. The monoisotopic (exact) mass is 244 g/mol. The molecule has 4 rings (SSSR count). The summed E-state index contributed by atoms with van der Waals surface area (Å²) in [5, 5.41) is 0. The van der Waals surface area contributed by atoms with Crippen LogP contribution in [0.1, 0.15) is 25.7 Å². The van der Waals surface area contributed by atoms with Gasteiger partial charge in [-0.3, -0.25) is 8.98 Å². The van der Waals surface area contributed by atoms with Crippen molar-refractivity contribution in [3.05, 3.63) is 0 Å². The standard InChI is InChI=1S/C11H16O4S/c1-16(13,14)15-11-8-3-6-2-7(5-8)10(12)9(11)4-6/h6-9,11H,2-5H2,1H3. The summed E-state index contributed by atoms with van der Waals surface area (Å²) in [5.41, 5.74) is 0. The van der Waals surface area contributed by atoms with Crippen molar-refractivity contribution in [2.45, 2.75) is 31.8 Å². The summed E-state index contributed by atoms with van der Waals surface area (Å²) in [4.78, 5) is 12.0. The van der Waals surface area contributed by atoms with Crippen molar-refractivity contribution < 1.29 is 17.4 Å². The Balaban J connectivity index is 1.88. The first-order chi connectivity index (χ1) is 7.44. The maximum Gasteiger partial charge on any atom is 0.264 e. The highest BCUT2D eigenvalue weighted by atomic mass is 32.2. The smallest absolute Gasteiger partial charge is 0.264 e. The molecule has 0 radical (unpaired) electrons. The van der Waals surface area contributed by atoms with Crippen LogP contribution in [-0.4, -0.2) is 26.6 Å². The third-order valence-electron chi connectivity index (χ3n) is 4.34. The molecule has 4 aliphatic rings. The van der Waals surface area contributed by atoms with E-state index in [1.165, 1.54) is 0 Å². The number of rotatable bonds is 2. The van der Waals surface area contributed by atoms with Crippen LogP contribution in [0.25, 0.3) is 0 Å². The average Bonchev–Trinajstić information content (AvgIpc) is 2.17. The van der Waals surface area contributed by atoms with Crippen molar-refractivity contribution in [3.63, 3.8) is 0 Å². The molecule has 0 saturated heterocycles. The van der Waals surface area contributed by atoms with Crippen molar-refractivity contribution in [2.75, 3.05) is 6.26 Å². The van der Waals surface area contributed by atoms with E-state index in [0.29, 0.717) is 5.92 Å². The summed E-state index contributed by atoms with van der Waals surface area (Å²) in [6.07, 6.45) is 4.45. The molecule has 0 heterocycles. The maximum absolute atomic E-state index is 12.0. The molecule has 4 saturated carbocycles. The summed E-state index contributed by atoms with van der Waals surface area (Å²) in [7, 11) is -3.44. The SMILES string of the molecule is CS(=O)(=O)OC1C2CC3CC(C2)C(=O)C1C3. The van der Waals surface area contributed by atoms with Crippen LogP contribution < -0.4 is 0 Å². The largest absolute Gasteiger partial charge is 0.299 e. The first kappa shape index (κ1) is 10.7. The predicted octanol–water partition coefficient (Wildman–Crippen LogP) is 0.966. The van der Waals surface area contributed by atoms with Crippen LogP contribution in [0.2, 0.25) is 0 Å². The Morgan fingerprint density at radius 3 is 2.62 bits per heavy atom. The molecule has 4 fully saturated rings. The second-order valence-electron chi connectivity index (χ2n) is 5.54. The molecule has 5 heteroatoms. The van der Waals surface area contributed by atoms with Gasteiger partial charge in [-0.15, -0.1) is 0 Å². The van der Waals surface area contributed by atoms with Gasteiger partial charge in [0.2, 0.25) is 0 Å². The zero-order valence-corrected chi connectivity index (χ0v) is 10.1. The van der Waals surface area contributed by atoms with Gasteiger partial charge in [-0.1, -0.05) is 0 Å². The molecule has 0 N–H and O–H groups in total. The fraction of sp³-hybridized carbons (Fsp3) is 0.909. The van der Waals surface area contributed by atoms with Crippen LogP contribution in [-0.2, 0) is 19.1 Å². The molecule has 0 spiro atoms. The van der Waals surface area contributed by atoms with Gasteiger partial charge >= 0.3 is 0 Å². The molecule has 0 aromatic carbocycles. The average molecular weight is 244 g/mol. The van der Waals surface area contributed by atoms with Crippen molar-refractivity contribution in [2.24, 2.45) is 23.7 Å². The lowest BCUT2D eigenvalue weighted by Gasteiger charge is -2.52. The third-order valence-corrected chi connectivity index (χ3v) is 4.92. The number of hydrogen-bond acceptors (Lipinski definition) is 4. The van der Waals surface area contributed by atoms with Crippen LogP contribution in [0.5, 0.6) is 0 Å². The van der Waals surface area contributed by atoms with Crippen molar-refractivity contribution in [1.29, 1.82) is 0 Å². The summed E-state index contributed by atoms with van der Waals surface area (Å²) < 4.78 is 27.5. The van der Waals surface area contributed by atoms with E-state index < -0.39 is 10.1 Å². The Bertz CT molecular complexity index is 427. The zero-order valence-electron chi connectivity index (χ0n) is 9.26. The van der Waals surface area contributed by atoms with E-state index in [9.17, 15) is 13.2 Å². The molecule has 5 unspecified atom stereocenters. The number of Topliss-reactive ketones (excluding diaryl/α,β-unsaturated/α-hetero) is 1. The van der Waals surface area contributed by atoms with E-state index >= 15 is 0 Å². The Hall–Kier alpha value is -0.420. The Morgan fingerprint density at radius 1 is 1.19 bits per heavy atom. The van der Waals surface area contributed by atoms with Gasteiger partial charge in [-0.2, -0.15) is 8.42 Å². The van der Waals surface area contributed by atoms with Crippen molar-refractivity contribution in [3.8, 4) is 0 Å². The minimum Gasteiger partial charge on any atom is -0.299 e. The highest BCUT2D eigenvalue weighted by Crippen LogP contribution is 2.53. The lowest BCUT2D eigenvalue weighted by molar-refractivity contribution is -0.151. The quantitative estimate of drug-likeness (QED) is 0.679. The van der Waals surface area contributed by atoms with E-state index in [0.717, 1.165) is 31.9 Å². The van der Waals surface area contributed by atoms with E-state index in [-0.39, 0.29) is 29.6 Å². The molecule has 0 aromatic heterocycles. The predicted molar refractivity (Wildman–Crippen MR) is 57.2 cm³/mol. The molecular formula is C11H16O4S. The van der Waals surface area contributed by atoms with Crippen LogP contribution >= 0.6 is 0 Å². The molecule has 4 bridgehead atoms. The van der Waals surface area contributed by atoms with E-state index in [1.807, 2.05) is 0 Å². The van der Waals surface area contributed by atoms with Gasteiger partial charge in [0.25, 0.3) is 10.1 Å². The first-order valence-electron chi connectivity index (χ1n) is 5.86. The minimum absolute atomic E-state index is 0.147. The molecule has 16 heavy (non-hydrogen) atoms. The molecule has 0 aliphatic heterocycles. The minimum atomic E-state index is -3.44. The fourth-order valence-electron chi connectivity index (χ4n) is 3.93. The maximum atomic E-state index is 12.0. The Morgan fingerprint density at radius 2 is 1.94 bits per heavy atom. The van der Waals surface area contributed by atoms with E-state index in [2.05, 4.69) is 0 Å². The lowest BCUT2D eigenvalue weighted by atomic mass is 9.54. The van der Waals surface area contributed by atoms with Gasteiger partial charge in [0.15, 0.2) is 0 Å². The Labute approximate surface area is 95.5 Å². The molecular weight excluding hydrogens is 228 g/mol.